The van der Waals surface area contributed by atoms with Crippen molar-refractivity contribution < 1.29 is 0 Å². The van der Waals surface area contributed by atoms with Crippen molar-refractivity contribution in [2.75, 3.05) is 41.6 Å². The van der Waals surface area contributed by atoms with Gasteiger partial charge in [-0.1, -0.05) is 33.1 Å². The zero-order valence-electron chi connectivity index (χ0n) is 17.6. The van der Waals surface area contributed by atoms with Gasteiger partial charge >= 0.3 is 0 Å². The zero-order chi connectivity index (χ0) is 17.8. The Balaban J connectivity index is 1.66. The molecule has 0 aliphatic heterocycles. The second-order valence-corrected chi connectivity index (χ2v) is 19.1. The predicted molar refractivity (Wildman–Crippen MR) is 120 cm³/mol. The minimum Gasteiger partial charge on any atom is -0.239 e. The Hall–Kier alpha value is 0.700. The Kier molecular flexibility index (Phi) is 7.94. The predicted octanol–water partition coefficient (Wildman–Crippen LogP) is 7.12. The van der Waals surface area contributed by atoms with Gasteiger partial charge in [-0.2, -0.15) is 0 Å². The van der Waals surface area contributed by atoms with Crippen LogP contribution in [0.5, 0.6) is 0 Å². The Morgan fingerprint density at radius 2 is 1.58 bits per heavy atom. The molecule has 0 bridgehead atoms. The second kappa shape index (κ2) is 9.07. The highest BCUT2D eigenvalue weighted by molar-refractivity contribution is 8.47. The van der Waals surface area contributed by atoms with Crippen LogP contribution in [-0.2, 0) is 0 Å². The van der Waals surface area contributed by atoms with Crippen LogP contribution in [0.25, 0.3) is 0 Å². The molecule has 146 valence electrons. The largest absolute Gasteiger partial charge is 0.239 e. The Morgan fingerprint density at radius 1 is 0.875 bits per heavy atom. The smallest absolute Gasteiger partial charge is 0.00681 e. The second-order valence-electron chi connectivity index (χ2n) is 10.3. The molecule has 0 heterocycles. The highest BCUT2D eigenvalue weighted by Crippen LogP contribution is 2.58. The van der Waals surface area contributed by atoms with Crippen LogP contribution in [-0.4, -0.2) is 41.6 Å². The van der Waals surface area contributed by atoms with Gasteiger partial charge in [0.05, 0.1) is 0 Å². The molecule has 0 N–H and O–H groups in total. The summed E-state index contributed by atoms with van der Waals surface area (Å²) in [6.45, 7) is 4.78. The van der Waals surface area contributed by atoms with Gasteiger partial charge in [0, 0.05) is 5.08 Å². The molecule has 4 atom stereocenters. The summed E-state index contributed by atoms with van der Waals surface area (Å²) in [5, 5.41) is 1.57. The standard InChI is InChI=1S/C22H46S2/c1-7-9-19(2)10-8-14-23(3,4)18-24(5,6)15-13-20-11-12-21-17-22(21)16-20/h19-22H,7-18H2,1-6H3. The van der Waals surface area contributed by atoms with Gasteiger partial charge in [-0.25, -0.2) is 20.1 Å². The molecule has 2 rings (SSSR count). The molecule has 2 aliphatic rings. The number of rotatable bonds is 11. The summed E-state index contributed by atoms with van der Waals surface area (Å²) >= 11 is 0. The monoisotopic (exact) mass is 374 g/mol. The van der Waals surface area contributed by atoms with Gasteiger partial charge in [0.25, 0.3) is 0 Å². The molecule has 0 radical (unpaired) electrons. The van der Waals surface area contributed by atoms with Crippen molar-refractivity contribution in [1.82, 2.24) is 0 Å². The van der Waals surface area contributed by atoms with Crippen molar-refractivity contribution in [3.8, 4) is 0 Å². The lowest BCUT2D eigenvalue weighted by molar-refractivity contribution is 0.336. The first-order valence-corrected chi connectivity index (χ1v) is 16.2. The van der Waals surface area contributed by atoms with Crippen LogP contribution in [0.15, 0.2) is 0 Å². The van der Waals surface area contributed by atoms with Crippen molar-refractivity contribution in [2.45, 2.75) is 71.6 Å². The van der Waals surface area contributed by atoms with Crippen LogP contribution in [0.1, 0.15) is 71.6 Å². The van der Waals surface area contributed by atoms with Crippen molar-refractivity contribution in [2.24, 2.45) is 23.7 Å². The van der Waals surface area contributed by atoms with E-state index < -0.39 is 0 Å². The van der Waals surface area contributed by atoms with E-state index in [4.69, 9.17) is 0 Å². The summed E-state index contributed by atoms with van der Waals surface area (Å²) in [4.78, 5) is 0. The molecule has 2 aliphatic carbocycles. The number of hydrogen-bond acceptors (Lipinski definition) is 0. The molecule has 2 heteroatoms. The van der Waals surface area contributed by atoms with Gasteiger partial charge in [-0.3, -0.25) is 0 Å². The fraction of sp³-hybridized carbons (Fsp3) is 1.00. The van der Waals surface area contributed by atoms with E-state index in [1.807, 2.05) is 0 Å². The minimum absolute atomic E-state index is 0.366. The van der Waals surface area contributed by atoms with E-state index >= 15 is 0 Å². The molecular formula is C22H46S2. The van der Waals surface area contributed by atoms with Crippen molar-refractivity contribution in [1.29, 1.82) is 0 Å². The molecule has 24 heavy (non-hydrogen) atoms. The molecule has 0 aromatic heterocycles. The van der Waals surface area contributed by atoms with E-state index in [0.717, 1.165) is 17.8 Å². The minimum atomic E-state index is -0.368. The average Bonchev–Trinajstić information content (AvgIpc) is 3.22. The molecule has 2 saturated carbocycles. The highest BCUT2D eigenvalue weighted by Gasteiger charge is 2.41. The van der Waals surface area contributed by atoms with E-state index in [0.29, 0.717) is 0 Å². The zero-order valence-corrected chi connectivity index (χ0v) is 19.2. The first-order chi connectivity index (χ1) is 11.2. The summed E-state index contributed by atoms with van der Waals surface area (Å²) in [6, 6.07) is 0. The molecule has 0 nitrogen and oxygen atoms in total. The lowest BCUT2D eigenvalue weighted by Crippen LogP contribution is -2.18. The van der Waals surface area contributed by atoms with Crippen LogP contribution >= 0.6 is 20.1 Å². The third-order valence-corrected chi connectivity index (χ3v) is 14.4. The van der Waals surface area contributed by atoms with Gasteiger partial charge < -0.3 is 0 Å². The van der Waals surface area contributed by atoms with Crippen LogP contribution in [0.2, 0.25) is 0 Å². The molecule has 0 amide bonds. The topological polar surface area (TPSA) is 0 Å². The van der Waals surface area contributed by atoms with E-state index in [1.165, 1.54) is 37.4 Å². The van der Waals surface area contributed by atoms with Crippen molar-refractivity contribution >= 4 is 20.1 Å². The SMILES string of the molecule is CCCC(C)CCCS(C)(C)CS(C)(C)CCC1CCC2CC2C1. The Morgan fingerprint density at radius 3 is 2.25 bits per heavy atom. The third-order valence-electron chi connectivity index (χ3n) is 6.54. The van der Waals surface area contributed by atoms with Gasteiger partial charge in [0.15, 0.2) is 0 Å². The van der Waals surface area contributed by atoms with Crippen LogP contribution in [0, 0.1) is 23.7 Å². The quantitative estimate of drug-likeness (QED) is 0.361. The maximum atomic E-state index is 2.64. The molecule has 0 aromatic carbocycles. The Labute approximate surface area is 157 Å². The molecule has 4 unspecified atom stereocenters. The number of fused-ring (bicyclic) bond motifs is 1. The third kappa shape index (κ3) is 7.52. The molecule has 0 saturated heterocycles. The summed E-state index contributed by atoms with van der Waals surface area (Å²) < 4.78 is 0. The van der Waals surface area contributed by atoms with E-state index in [1.54, 1.807) is 42.9 Å². The van der Waals surface area contributed by atoms with Gasteiger partial charge in [0.1, 0.15) is 0 Å². The van der Waals surface area contributed by atoms with Crippen molar-refractivity contribution in [3.05, 3.63) is 0 Å². The van der Waals surface area contributed by atoms with Crippen LogP contribution < -0.4 is 0 Å². The lowest BCUT2D eigenvalue weighted by Gasteiger charge is -2.44. The van der Waals surface area contributed by atoms with Gasteiger partial charge in [-0.05, 0) is 98.7 Å². The maximum absolute atomic E-state index is 2.64. The lowest BCUT2D eigenvalue weighted by atomic mass is 9.88. The summed E-state index contributed by atoms with van der Waals surface area (Å²) in [5.41, 5.74) is 0. The summed E-state index contributed by atoms with van der Waals surface area (Å²) in [7, 11) is -0.735. The first kappa shape index (κ1) is 21.0. The van der Waals surface area contributed by atoms with Gasteiger partial charge in [0.2, 0.25) is 0 Å². The highest BCUT2D eigenvalue weighted by atomic mass is 32.3. The summed E-state index contributed by atoms with van der Waals surface area (Å²) in [5.74, 6) is 7.44. The van der Waals surface area contributed by atoms with Crippen LogP contribution in [0.3, 0.4) is 0 Å². The fourth-order valence-corrected chi connectivity index (χ4v) is 14.9. The van der Waals surface area contributed by atoms with E-state index in [-0.39, 0.29) is 20.1 Å². The van der Waals surface area contributed by atoms with Crippen molar-refractivity contribution in [3.63, 3.8) is 0 Å². The van der Waals surface area contributed by atoms with E-state index in [2.05, 4.69) is 38.9 Å². The average molecular weight is 375 g/mol. The molecule has 0 aromatic rings. The first-order valence-electron chi connectivity index (χ1n) is 10.6. The normalized spacial score (nSPS) is 29.8. The van der Waals surface area contributed by atoms with E-state index in [9.17, 15) is 0 Å². The number of hydrogen-bond donors (Lipinski definition) is 0. The molecule has 2 fully saturated rings. The summed E-state index contributed by atoms with van der Waals surface area (Å²) in [6.07, 6.45) is 24.1. The Bertz CT molecular complexity index is 374. The fourth-order valence-electron chi connectivity index (χ4n) is 5.14. The molecular weight excluding hydrogens is 328 g/mol. The molecule has 0 spiro atoms. The maximum Gasteiger partial charge on any atom is 0.00681 e. The van der Waals surface area contributed by atoms with Crippen LogP contribution in [0.4, 0.5) is 0 Å². The van der Waals surface area contributed by atoms with Gasteiger partial charge in [-0.15, -0.1) is 0 Å².